The van der Waals surface area contributed by atoms with E-state index in [1.165, 1.54) is 6.42 Å². The number of hydrogen-bond acceptors (Lipinski definition) is 5. The summed E-state index contributed by atoms with van der Waals surface area (Å²) in [7, 11) is -1.84. The highest BCUT2D eigenvalue weighted by Gasteiger charge is 2.23. The van der Waals surface area contributed by atoms with Gasteiger partial charge in [-0.1, -0.05) is 36.2 Å². The molecule has 3 rings (SSSR count). The molecule has 0 saturated carbocycles. The maximum Gasteiger partial charge on any atom is 0.221 e. The zero-order chi connectivity index (χ0) is 22.3. The lowest BCUT2D eigenvalue weighted by Gasteiger charge is -2.35. The van der Waals surface area contributed by atoms with Crippen LogP contribution in [-0.2, 0) is 14.6 Å². The number of amides is 1. The van der Waals surface area contributed by atoms with E-state index < -0.39 is 9.84 Å². The summed E-state index contributed by atoms with van der Waals surface area (Å²) < 4.78 is 30.3. The molecule has 1 amide bonds. The minimum Gasteiger partial charge on any atom is -0.497 e. The molecule has 1 aliphatic rings. The van der Waals surface area contributed by atoms with Gasteiger partial charge in [-0.3, -0.25) is 9.69 Å². The van der Waals surface area contributed by atoms with Crippen molar-refractivity contribution in [1.29, 1.82) is 0 Å². The lowest BCUT2D eigenvalue weighted by molar-refractivity contribution is -0.121. The molecular formula is C24H32N2O4S. The molecule has 6 nitrogen and oxygen atoms in total. The van der Waals surface area contributed by atoms with E-state index in [4.69, 9.17) is 4.74 Å². The second-order valence-electron chi connectivity index (χ2n) is 8.07. The average Bonchev–Trinajstić information content (AvgIpc) is 2.79. The topological polar surface area (TPSA) is 75.7 Å². The Balaban J connectivity index is 1.60. The molecule has 0 bridgehead atoms. The third kappa shape index (κ3) is 6.55. The second-order valence-corrected chi connectivity index (χ2v) is 10.2. The van der Waals surface area contributed by atoms with Crippen LogP contribution in [0.25, 0.3) is 0 Å². The van der Waals surface area contributed by atoms with Crippen molar-refractivity contribution >= 4 is 15.7 Å². The minimum atomic E-state index is -3.48. The van der Waals surface area contributed by atoms with Crippen LogP contribution in [-0.4, -0.2) is 51.7 Å². The number of ether oxygens (including phenoxy) is 1. The van der Waals surface area contributed by atoms with E-state index >= 15 is 0 Å². The number of piperidine rings is 1. The number of aryl methyl sites for hydroxylation is 1. The zero-order valence-electron chi connectivity index (χ0n) is 18.3. The molecule has 0 spiro atoms. The Bertz CT molecular complexity index is 950. The van der Waals surface area contributed by atoms with E-state index in [0.29, 0.717) is 6.54 Å². The Hall–Kier alpha value is -2.38. The van der Waals surface area contributed by atoms with Gasteiger partial charge in [-0.15, -0.1) is 0 Å². The van der Waals surface area contributed by atoms with Crippen molar-refractivity contribution in [3.8, 4) is 5.75 Å². The molecule has 1 heterocycles. The van der Waals surface area contributed by atoms with E-state index in [2.05, 4.69) is 10.2 Å². The van der Waals surface area contributed by atoms with Crippen molar-refractivity contribution in [2.24, 2.45) is 0 Å². The number of methoxy groups -OCH3 is 1. The lowest BCUT2D eigenvalue weighted by Crippen LogP contribution is -2.40. The average molecular weight is 445 g/mol. The highest BCUT2D eigenvalue weighted by Crippen LogP contribution is 2.26. The number of nitrogens with zero attached hydrogens (tertiary/aromatic N) is 1. The molecule has 7 heteroatoms. The molecule has 1 aliphatic heterocycles. The van der Waals surface area contributed by atoms with Gasteiger partial charge in [-0.2, -0.15) is 0 Å². The SMILES string of the molecule is COc1ccc(C(CNC(=O)CCS(=O)(=O)c2ccc(C)cc2)N2CCCCC2)cc1. The minimum absolute atomic E-state index is 0.0501. The first kappa shape index (κ1) is 23.3. The van der Waals surface area contributed by atoms with Crippen molar-refractivity contribution in [2.75, 3.05) is 32.5 Å². The van der Waals surface area contributed by atoms with Crippen LogP contribution in [0.5, 0.6) is 5.75 Å². The molecule has 1 unspecified atom stereocenters. The number of carbonyl (C=O) groups excluding carboxylic acids is 1. The van der Waals surface area contributed by atoms with Crippen LogP contribution in [0.15, 0.2) is 53.4 Å². The summed E-state index contributed by atoms with van der Waals surface area (Å²) in [5.74, 6) is 0.358. The molecular weight excluding hydrogens is 412 g/mol. The predicted octanol–water partition coefficient (Wildman–Crippen LogP) is 3.51. The van der Waals surface area contributed by atoms with Gasteiger partial charge < -0.3 is 10.1 Å². The summed E-state index contributed by atoms with van der Waals surface area (Å²) in [6.45, 7) is 4.35. The summed E-state index contributed by atoms with van der Waals surface area (Å²) >= 11 is 0. The fraction of sp³-hybridized carbons (Fsp3) is 0.458. The van der Waals surface area contributed by atoms with Crippen molar-refractivity contribution in [2.45, 2.75) is 43.5 Å². The van der Waals surface area contributed by atoms with Crippen LogP contribution in [0.1, 0.15) is 42.9 Å². The van der Waals surface area contributed by atoms with E-state index in [1.807, 2.05) is 31.2 Å². The van der Waals surface area contributed by atoms with Gasteiger partial charge in [0.1, 0.15) is 5.75 Å². The number of nitrogens with one attached hydrogen (secondary N) is 1. The highest BCUT2D eigenvalue weighted by molar-refractivity contribution is 7.91. The Labute approximate surface area is 185 Å². The smallest absolute Gasteiger partial charge is 0.221 e. The van der Waals surface area contributed by atoms with Crippen LogP contribution < -0.4 is 10.1 Å². The number of benzene rings is 2. The number of carbonyl (C=O) groups is 1. The van der Waals surface area contributed by atoms with E-state index in [9.17, 15) is 13.2 Å². The van der Waals surface area contributed by atoms with Gasteiger partial charge in [0.25, 0.3) is 0 Å². The number of hydrogen-bond donors (Lipinski definition) is 1. The molecule has 1 fully saturated rings. The monoisotopic (exact) mass is 444 g/mol. The largest absolute Gasteiger partial charge is 0.497 e. The van der Waals surface area contributed by atoms with Crippen LogP contribution in [0.2, 0.25) is 0 Å². The first-order valence-electron chi connectivity index (χ1n) is 10.8. The fourth-order valence-corrected chi connectivity index (χ4v) is 5.14. The van der Waals surface area contributed by atoms with E-state index in [1.54, 1.807) is 31.4 Å². The molecule has 2 aromatic rings. The molecule has 1 atom stereocenters. The molecule has 0 aromatic heterocycles. The van der Waals surface area contributed by atoms with Crippen molar-refractivity contribution in [3.05, 3.63) is 59.7 Å². The Kier molecular flexibility index (Phi) is 8.09. The maximum absolute atomic E-state index is 12.5. The number of likely N-dealkylation sites (tertiary alicyclic amines) is 1. The van der Waals surface area contributed by atoms with Crippen LogP contribution >= 0.6 is 0 Å². The molecule has 0 aliphatic carbocycles. The van der Waals surface area contributed by atoms with Crippen molar-refractivity contribution in [1.82, 2.24) is 10.2 Å². The Morgan fingerprint density at radius 2 is 1.68 bits per heavy atom. The number of sulfone groups is 1. The quantitative estimate of drug-likeness (QED) is 0.641. The third-order valence-electron chi connectivity index (χ3n) is 5.80. The standard InChI is InChI=1S/C24H32N2O4S/c1-19-6-12-22(13-7-19)31(28,29)17-14-24(27)25-18-23(26-15-4-3-5-16-26)20-8-10-21(30-2)11-9-20/h6-13,23H,3-5,14-18H2,1-2H3,(H,25,27). The highest BCUT2D eigenvalue weighted by atomic mass is 32.2. The van der Waals surface area contributed by atoms with Gasteiger partial charge in [-0.25, -0.2) is 8.42 Å². The summed E-state index contributed by atoms with van der Waals surface area (Å²) in [5.41, 5.74) is 2.12. The van der Waals surface area contributed by atoms with Gasteiger partial charge >= 0.3 is 0 Å². The molecule has 1 saturated heterocycles. The van der Waals surface area contributed by atoms with Crippen molar-refractivity contribution < 1.29 is 17.9 Å². The maximum atomic E-state index is 12.5. The van der Waals surface area contributed by atoms with Crippen molar-refractivity contribution in [3.63, 3.8) is 0 Å². The normalized spacial score (nSPS) is 15.9. The van der Waals surface area contributed by atoms with Gasteiger partial charge in [0.05, 0.1) is 23.8 Å². The Morgan fingerprint density at radius 1 is 1.03 bits per heavy atom. The second kappa shape index (κ2) is 10.8. The van der Waals surface area contributed by atoms with Crippen LogP contribution in [0.4, 0.5) is 0 Å². The summed E-state index contributed by atoms with van der Waals surface area (Å²) in [4.78, 5) is 15.1. The first-order chi connectivity index (χ1) is 14.9. The molecule has 31 heavy (non-hydrogen) atoms. The van der Waals surface area contributed by atoms with Crippen LogP contribution in [0.3, 0.4) is 0 Å². The fourth-order valence-electron chi connectivity index (χ4n) is 3.90. The van der Waals surface area contributed by atoms with Gasteiger partial charge in [-0.05, 0) is 62.7 Å². The van der Waals surface area contributed by atoms with Gasteiger partial charge in [0, 0.05) is 13.0 Å². The Morgan fingerprint density at radius 3 is 2.29 bits per heavy atom. The first-order valence-corrected chi connectivity index (χ1v) is 12.5. The molecule has 168 valence electrons. The summed E-state index contributed by atoms with van der Waals surface area (Å²) in [5, 5.41) is 2.96. The summed E-state index contributed by atoms with van der Waals surface area (Å²) in [6.07, 6.45) is 3.48. The zero-order valence-corrected chi connectivity index (χ0v) is 19.2. The lowest BCUT2D eigenvalue weighted by atomic mass is 10.0. The molecule has 0 radical (unpaired) electrons. The van der Waals surface area contributed by atoms with E-state index in [-0.39, 0.29) is 29.0 Å². The van der Waals surface area contributed by atoms with Crippen LogP contribution in [0, 0.1) is 6.92 Å². The summed E-state index contributed by atoms with van der Waals surface area (Å²) in [6, 6.07) is 14.7. The number of rotatable bonds is 9. The predicted molar refractivity (Wildman–Crippen MR) is 122 cm³/mol. The molecule has 1 N–H and O–H groups in total. The third-order valence-corrected chi connectivity index (χ3v) is 7.53. The van der Waals surface area contributed by atoms with Gasteiger partial charge in [0.2, 0.25) is 5.91 Å². The van der Waals surface area contributed by atoms with Gasteiger partial charge in [0.15, 0.2) is 9.84 Å². The molecule has 2 aromatic carbocycles. The van der Waals surface area contributed by atoms with E-state index in [0.717, 1.165) is 42.8 Å².